The molecule has 1 saturated carbocycles. The molecule has 0 aromatic heterocycles. The molecule has 1 unspecified atom stereocenters. The Labute approximate surface area is 126 Å². The zero-order valence-electron chi connectivity index (χ0n) is 12.9. The summed E-state index contributed by atoms with van der Waals surface area (Å²) in [6, 6.07) is 7.95. The monoisotopic (exact) mass is 288 g/mol. The lowest BCUT2D eigenvalue weighted by atomic mass is 9.88. The number of methoxy groups -OCH3 is 1. The minimum atomic E-state index is -0.0638. The lowest BCUT2D eigenvalue weighted by Crippen LogP contribution is -2.38. The zero-order chi connectivity index (χ0) is 14.9. The third-order valence-corrected chi connectivity index (χ3v) is 4.87. The number of nitrogens with one attached hydrogen (secondary N) is 1. The number of ether oxygens (including phenoxy) is 1. The van der Waals surface area contributed by atoms with Crippen LogP contribution in [0.3, 0.4) is 0 Å². The summed E-state index contributed by atoms with van der Waals surface area (Å²) >= 11 is 0. The number of carbonyl (C=O) groups is 1. The van der Waals surface area contributed by atoms with Crippen LogP contribution in [-0.4, -0.2) is 31.0 Å². The van der Waals surface area contributed by atoms with Crippen LogP contribution in [0.25, 0.3) is 0 Å². The average molecular weight is 288 g/mol. The summed E-state index contributed by atoms with van der Waals surface area (Å²) in [4.78, 5) is 14.3. The molecule has 1 aromatic carbocycles. The van der Waals surface area contributed by atoms with Crippen LogP contribution in [0.2, 0.25) is 0 Å². The molecule has 21 heavy (non-hydrogen) atoms. The van der Waals surface area contributed by atoms with Gasteiger partial charge in [0.15, 0.2) is 0 Å². The van der Waals surface area contributed by atoms with Gasteiger partial charge in [0, 0.05) is 12.1 Å². The first kappa shape index (κ1) is 14.4. The van der Waals surface area contributed by atoms with Crippen molar-refractivity contribution in [3.05, 3.63) is 29.8 Å². The Morgan fingerprint density at radius 1 is 1.33 bits per heavy atom. The van der Waals surface area contributed by atoms with E-state index < -0.39 is 0 Å². The van der Waals surface area contributed by atoms with Crippen LogP contribution in [0.15, 0.2) is 24.3 Å². The maximum atomic E-state index is 12.3. The number of nitrogens with zero attached hydrogens (tertiary/aromatic N) is 1. The van der Waals surface area contributed by atoms with E-state index in [-0.39, 0.29) is 17.5 Å². The van der Waals surface area contributed by atoms with E-state index in [1.54, 1.807) is 7.11 Å². The normalized spacial score (nSPS) is 24.6. The van der Waals surface area contributed by atoms with E-state index in [0.717, 1.165) is 17.9 Å². The molecule has 0 bridgehead atoms. The molecule has 1 amide bonds. The fourth-order valence-electron chi connectivity index (χ4n) is 3.69. The average Bonchev–Trinajstić information content (AvgIpc) is 3.07. The van der Waals surface area contributed by atoms with Gasteiger partial charge in [-0.1, -0.05) is 38.0 Å². The van der Waals surface area contributed by atoms with Crippen molar-refractivity contribution in [2.24, 2.45) is 5.41 Å². The summed E-state index contributed by atoms with van der Waals surface area (Å²) < 4.78 is 5.46. The van der Waals surface area contributed by atoms with E-state index in [2.05, 4.69) is 12.2 Å². The maximum Gasteiger partial charge on any atom is 0.238 e. The quantitative estimate of drug-likeness (QED) is 0.926. The van der Waals surface area contributed by atoms with Crippen LogP contribution in [0.4, 0.5) is 0 Å². The van der Waals surface area contributed by atoms with E-state index in [1.807, 2.05) is 29.2 Å². The first-order valence-corrected chi connectivity index (χ1v) is 7.79. The highest BCUT2D eigenvalue weighted by atomic mass is 16.5. The lowest BCUT2D eigenvalue weighted by Gasteiger charge is -2.33. The smallest absolute Gasteiger partial charge is 0.238 e. The summed E-state index contributed by atoms with van der Waals surface area (Å²) in [5.74, 6) is 1.03. The molecule has 1 aliphatic heterocycles. The number of benzene rings is 1. The van der Waals surface area contributed by atoms with Gasteiger partial charge in [-0.15, -0.1) is 0 Å². The molecule has 2 fully saturated rings. The van der Waals surface area contributed by atoms with Gasteiger partial charge in [-0.05, 0) is 24.3 Å². The highest BCUT2D eigenvalue weighted by Gasteiger charge is 2.39. The number of rotatable bonds is 4. The molecule has 4 nitrogen and oxygen atoms in total. The number of amides is 1. The maximum absolute atomic E-state index is 12.3. The van der Waals surface area contributed by atoms with E-state index >= 15 is 0 Å². The van der Waals surface area contributed by atoms with Gasteiger partial charge in [-0.2, -0.15) is 0 Å². The molecular weight excluding hydrogens is 264 g/mol. The van der Waals surface area contributed by atoms with Gasteiger partial charge in [0.1, 0.15) is 11.9 Å². The van der Waals surface area contributed by atoms with E-state index in [1.165, 1.54) is 25.7 Å². The van der Waals surface area contributed by atoms with Crippen LogP contribution in [0, 0.1) is 5.41 Å². The molecule has 1 heterocycles. The second-order valence-corrected chi connectivity index (χ2v) is 6.56. The molecule has 2 aliphatic rings. The van der Waals surface area contributed by atoms with Crippen LogP contribution in [0.5, 0.6) is 5.75 Å². The van der Waals surface area contributed by atoms with Crippen molar-refractivity contribution in [1.82, 2.24) is 10.2 Å². The van der Waals surface area contributed by atoms with Crippen molar-refractivity contribution in [3.63, 3.8) is 0 Å². The lowest BCUT2D eigenvalue weighted by molar-refractivity contribution is -0.129. The molecule has 4 heteroatoms. The van der Waals surface area contributed by atoms with Crippen LogP contribution in [-0.2, 0) is 4.79 Å². The van der Waals surface area contributed by atoms with Gasteiger partial charge in [0.05, 0.1) is 13.7 Å². The topological polar surface area (TPSA) is 41.6 Å². The second kappa shape index (κ2) is 5.68. The molecule has 1 N–H and O–H groups in total. The number of para-hydroxylation sites is 1. The third kappa shape index (κ3) is 2.77. The van der Waals surface area contributed by atoms with Crippen molar-refractivity contribution >= 4 is 5.91 Å². The Morgan fingerprint density at radius 3 is 2.76 bits per heavy atom. The highest BCUT2D eigenvalue weighted by Crippen LogP contribution is 2.41. The van der Waals surface area contributed by atoms with Gasteiger partial charge >= 0.3 is 0 Å². The van der Waals surface area contributed by atoms with E-state index in [4.69, 9.17) is 4.74 Å². The Morgan fingerprint density at radius 2 is 2.05 bits per heavy atom. The minimum absolute atomic E-state index is 0.0638. The van der Waals surface area contributed by atoms with Crippen LogP contribution < -0.4 is 10.1 Å². The Hall–Kier alpha value is -1.55. The van der Waals surface area contributed by atoms with Crippen molar-refractivity contribution < 1.29 is 9.53 Å². The Kier molecular flexibility index (Phi) is 3.89. The van der Waals surface area contributed by atoms with Gasteiger partial charge in [0.25, 0.3) is 0 Å². The predicted octanol–water partition coefficient (Wildman–Crippen LogP) is 2.71. The molecule has 114 valence electrons. The van der Waals surface area contributed by atoms with Crippen LogP contribution in [0.1, 0.15) is 44.3 Å². The van der Waals surface area contributed by atoms with Crippen molar-refractivity contribution in [2.45, 2.75) is 38.8 Å². The van der Waals surface area contributed by atoms with Crippen LogP contribution >= 0.6 is 0 Å². The van der Waals surface area contributed by atoms with E-state index in [9.17, 15) is 4.79 Å². The Bertz CT molecular complexity index is 523. The SMILES string of the molecule is COc1ccccc1C1NCC(=O)N1CC1(C)CCCC1. The third-order valence-electron chi connectivity index (χ3n) is 4.87. The first-order valence-electron chi connectivity index (χ1n) is 7.79. The molecule has 0 radical (unpaired) electrons. The molecule has 1 aromatic rings. The summed E-state index contributed by atoms with van der Waals surface area (Å²) in [6.07, 6.45) is 4.94. The standard InChI is InChI=1S/C17H24N2O2/c1-17(9-5-6-10-17)12-19-15(20)11-18-16(19)13-7-3-4-8-14(13)21-2/h3-4,7-8,16,18H,5-6,9-12H2,1-2H3. The van der Waals surface area contributed by atoms with Gasteiger partial charge in [0.2, 0.25) is 5.91 Å². The molecule has 0 spiro atoms. The fourth-order valence-corrected chi connectivity index (χ4v) is 3.69. The predicted molar refractivity (Wildman–Crippen MR) is 82.0 cm³/mol. The molecule has 1 atom stereocenters. The van der Waals surface area contributed by atoms with Gasteiger partial charge in [-0.25, -0.2) is 0 Å². The largest absolute Gasteiger partial charge is 0.496 e. The van der Waals surface area contributed by atoms with Gasteiger partial charge in [-0.3, -0.25) is 10.1 Å². The summed E-state index contributed by atoms with van der Waals surface area (Å²) in [6.45, 7) is 3.56. The fraction of sp³-hybridized carbons (Fsp3) is 0.588. The number of carbonyl (C=O) groups excluding carboxylic acids is 1. The number of hydrogen-bond acceptors (Lipinski definition) is 3. The second-order valence-electron chi connectivity index (χ2n) is 6.56. The molecule has 3 rings (SSSR count). The highest BCUT2D eigenvalue weighted by molar-refractivity contribution is 5.81. The molecule has 1 saturated heterocycles. The molecular formula is C17H24N2O2. The zero-order valence-corrected chi connectivity index (χ0v) is 12.9. The van der Waals surface area contributed by atoms with Gasteiger partial charge < -0.3 is 9.64 Å². The summed E-state index contributed by atoms with van der Waals surface area (Å²) in [5.41, 5.74) is 1.31. The van der Waals surface area contributed by atoms with Crippen molar-refractivity contribution in [2.75, 3.05) is 20.2 Å². The minimum Gasteiger partial charge on any atom is -0.496 e. The Balaban J connectivity index is 1.85. The van der Waals surface area contributed by atoms with Crippen molar-refractivity contribution in [1.29, 1.82) is 0 Å². The van der Waals surface area contributed by atoms with E-state index in [0.29, 0.717) is 6.54 Å². The molecule has 1 aliphatic carbocycles. The summed E-state index contributed by atoms with van der Waals surface area (Å²) in [5, 5.41) is 3.34. The van der Waals surface area contributed by atoms with Crippen molar-refractivity contribution in [3.8, 4) is 5.75 Å². The first-order chi connectivity index (χ1) is 10.1. The number of hydrogen-bond donors (Lipinski definition) is 1. The summed E-state index contributed by atoms with van der Waals surface area (Å²) in [7, 11) is 1.68.